The Bertz CT molecular complexity index is 295. The molecule has 0 aliphatic heterocycles. The summed E-state index contributed by atoms with van der Waals surface area (Å²) in [5.41, 5.74) is 6.35. The number of nitrogens with two attached hydrogens (primary N) is 1. The molecule has 5 nitrogen and oxygen atoms in total. The van der Waals surface area contributed by atoms with Crippen LogP contribution in [0.15, 0.2) is 12.3 Å². The number of carboxylic acids is 1. The van der Waals surface area contributed by atoms with E-state index in [1.807, 2.05) is 13.0 Å². The number of carbonyl (C=O) groups is 1. The highest BCUT2D eigenvalue weighted by atomic mass is 16.4. The van der Waals surface area contributed by atoms with Crippen molar-refractivity contribution < 1.29 is 9.90 Å². The fourth-order valence-electron chi connectivity index (χ4n) is 1.02. The minimum absolute atomic E-state index is 0.401. The highest BCUT2D eigenvalue weighted by molar-refractivity contribution is 5.72. The summed E-state index contributed by atoms with van der Waals surface area (Å²) in [7, 11) is 0. The first kappa shape index (κ1) is 9.73. The molecule has 1 unspecified atom stereocenters. The number of hydrogen-bond donors (Lipinski definition) is 2. The molecule has 0 saturated carbocycles. The second-order valence-corrected chi connectivity index (χ2v) is 2.93. The molecular weight excluding hydrogens is 170 g/mol. The topological polar surface area (TPSA) is 81.1 Å². The van der Waals surface area contributed by atoms with Crippen molar-refractivity contribution in [2.24, 2.45) is 5.73 Å². The van der Waals surface area contributed by atoms with E-state index in [1.165, 1.54) is 0 Å². The molecule has 0 aromatic carbocycles. The Kier molecular flexibility index (Phi) is 3.02. The van der Waals surface area contributed by atoms with Crippen LogP contribution >= 0.6 is 0 Å². The molecule has 1 rings (SSSR count). The van der Waals surface area contributed by atoms with Gasteiger partial charge in [0.15, 0.2) is 0 Å². The molecule has 1 aromatic heterocycles. The monoisotopic (exact) mass is 183 g/mol. The molecule has 1 heterocycles. The van der Waals surface area contributed by atoms with Crippen molar-refractivity contribution >= 4 is 5.97 Å². The van der Waals surface area contributed by atoms with Gasteiger partial charge in [-0.1, -0.05) is 0 Å². The lowest BCUT2D eigenvalue weighted by Crippen LogP contribution is -2.31. The van der Waals surface area contributed by atoms with E-state index in [2.05, 4.69) is 5.10 Å². The highest BCUT2D eigenvalue weighted by Crippen LogP contribution is 1.99. The summed E-state index contributed by atoms with van der Waals surface area (Å²) < 4.78 is 1.74. The van der Waals surface area contributed by atoms with Crippen molar-refractivity contribution in [2.45, 2.75) is 25.9 Å². The van der Waals surface area contributed by atoms with E-state index in [9.17, 15) is 4.79 Å². The molecule has 0 aliphatic rings. The third-order valence-electron chi connectivity index (χ3n) is 1.90. The molecule has 1 atom stereocenters. The van der Waals surface area contributed by atoms with Gasteiger partial charge < -0.3 is 10.8 Å². The fourth-order valence-corrected chi connectivity index (χ4v) is 1.02. The van der Waals surface area contributed by atoms with Crippen LogP contribution in [0.5, 0.6) is 0 Å². The summed E-state index contributed by atoms with van der Waals surface area (Å²) in [4.78, 5) is 10.4. The average Bonchev–Trinajstić information content (AvgIpc) is 2.47. The number of rotatable bonds is 4. The summed E-state index contributed by atoms with van der Waals surface area (Å²) in [6, 6.07) is 1.07. The first-order valence-electron chi connectivity index (χ1n) is 4.08. The van der Waals surface area contributed by atoms with E-state index in [4.69, 9.17) is 10.8 Å². The van der Waals surface area contributed by atoms with Gasteiger partial charge in [0, 0.05) is 18.4 Å². The third-order valence-corrected chi connectivity index (χ3v) is 1.90. The quantitative estimate of drug-likeness (QED) is 0.688. The molecule has 0 fully saturated rings. The normalized spacial score (nSPS) is 12.8. The first-order chi connectivity index (χ1) is 6.11. The zero-order valence-electron chi connectivity index (χ0n) is 7.47. The van der Waals surface area contributed by atoms with Crippen LogP contribution in [0.2, 0.25) is 0 Å². The smallest absolute Gasteiger partial charge is 0.320 e. The molecule has 3 N–H and O–H groups in total. The van der Waals surface area contributed by atoms with Crippen molar-refractivity contribution in [3.63, 3.8) is 0 Å². The van der Waals surface area contributed by atoms with Gasteiger partial charge in [0.25, 0.3) is 0 Å². The number of carboxylic acid groups (broad SMARTS) is 1. The minimum atomic E-state index is -0.968. The maximum absolute atomic E-state index is 10.4. The van der Waals surface area contributed by atoms with Gasteiger partial charge >= 0.3 is 5.97 Å². The molecule has 72 valence electrons. The van der Waals surface area contributed by atoms with Gasteiger partial charge in [-0.3, -0.25) is 9.48 Å². The van der Waals surface area contributed by atoms with Crippen LogP contribution in [0.1, 0.15) is 12.1 Å². The highest BCUT2D eigenvalue weighted by Gasteiger charge is 2.11. The molecule has 0 saturated heterocycles. The lowest BCUT2D eigenvalue weighted by atomic mass is 10.2. The average molecular weight is 183 g/mol. The number of aryl methyl sites for hydroxylation is 2. The van der Waals surface area contributed by atoms with E-state index < -0.39 is 12.0 Å². The van der Waals surface area contributed by atoms with Crippen molar-refractivity contribution in [2.75, 3.05) is 0 Å². The Morgan fingerprint density at radius 2 is 2.54 bits per heavy atom. The molecule has 13 heavy (non-hydrogen) atoms. The predicted octanol–water partition coefficient (Wildman–Crippen LogP) is -0.00648. The van der Waals surface area contributed by atoms with E-state index >= 15 is 0 Å². The van der Waals surface area contributed by atoms with E-state index in [0.29, 0.717) is 13.0 Å². The SMILES string of the molecule is Cc1ccnn1CCC(N)C(=O)O. The molecular formula is C8H13N3O2. The molecule has 5 heteroatoms. The summed E-state index contributed by atoms with van der Waals surface area (Å²) >= 11 is 0. The van der Waals surface area contributed by atoms with Gasteiger partial charge in [0.2, 0.25) is 0 Å². The lowest BCUT2D eigenvalue weighted by Gasteiger charge is -2.07. The minimum Gasteiger partial charge on any atom is -0.480 e. The van der Waals surface area contributed by atoms with Crippen LogP contribution in [0, 0.1) is 6.92 Å². The van der Waals surface area contributed by atoms with E-state index in [1.54, 1.807) is 10.9 Å². The predicted molar refractivity (Wildman–Crippen MR) is 47.2 cm³/mol. The number of aromatic nitrogens is 2. The van der Waals surface area contributed by atoms with Gasteiger partial charge in [0.05, 0.1) is 0 Å². The van der Waals surface area contributed by atoms with Crippen LogP contribution in [-0.2, 0) is 11.3 Å². The lowest BCUT2D eigenvalue weighted by molar-refractivity contribution is -0.138. The summed E-state index contributed by atoms with van der Waals surface area (Å²) in [5, 5.41) is 12.5. The molecule has 0 radical (unpaired) electrons. The summed E-state index contributed by atoms with van der Waals surface area (Å²) in [6.45, 7) is 2.46. The standard InChI is InChI=1S/C8H13N3O2/c1-6-2-4-10-11(6)5-3-7(9)8(12)13/h2,4,7H,3,5,9H2,1H3,(H,12,13). The van der Waals surface area contributed by atoms with Crippen molar-refractivity contribution in [3.05, 3.63) is 18.0 Å². The van der Waals surface area contributed by atoms with Crippen molar-refractivity contribution in [3.8, 4) is 0 Å². The van der Waals surface area contributed by atoms with Gasteiger partial charge in [-0.05, 0) is 19.4 Å². The largest absolute Gasteiger partial charge is 0.480 e. The Balaban J connectivity index is 2.44. The molecule has 0 amide bonds. The first-order valence-corrected chi connectivity index (χ1v) is 4.08. The summed E-state index contributed by atoms with van der Waals surface area (Å²) in [5.74, 6) is -0.968. The van der Waals surface area contributed by atoms with Gasteiger partial charge in [0.1, 0.15) is 6.04 Å². The van der Waals surface area contributed by atoms with Crippen LogP contribution in [0.3, 0.4) is 0 Å². The Hall–Kier alpha value is -1.36. The maximum atomic E-state index is 10.4. The van der Waals surface area contributed by atoms with Crippen molar-refractivity contribution in [1.29, 1.82) is 0 Å². The number of hydrogen-bond acceptors (Lipinski definition) is 3. The fraction of sp³-hybridized carbons (Fsp3) is 0.500. The van der Waals surface area contributed by atoms with Crippen LogP contribution < -0.4 is 5.73 Å². The van der Waals surface area contributed by atoms with Crippen LogP contribution in [0.4, 0.5) is 0 Å². The molecule has 0 spiro atoms. The zero-order chi connectivity index (χ0) is 9.84. The third kappa shape index (κ3) is 2.55. The van der Waals surface area contributed by atoms with Gasteiger partial charge in [-0.15, -0.1) is 0 Å². The van der Waals surface area contributed by atoms with Gasteiger partial charge in [-0.2, -0.15) is 5.10 Å². The van der Waals surface area contributed by atoms with Crippen molar-refractivity contribution in [1.82, 2.24) is 9.78 Å². The molecule has 0 bridgehead atoms. The second kappa shape index (κ2) is 4.04. The second-order valence-electron chi connectivity index (χ2n) is 2.93. The number of aliphatic carboxylic acids is 1. The maximum Gasteiger partial charge on any atom is 0.320 e. The van der Waals surface area contributed by atoms with Crippen LogP contribution in [0.25, 0.3) is 0 Å². The van der Waals surface area contributed by atoms with E-state index in [-0.39, 0.29) is 0 Å². The van der Waals surface area contributed by atoms with Gasteiger partial charge in [-0.25, -0.2) is 0 Å². The van der Waals surface area contributed by atoms with Crippen LogP contribution in [-0.4, -0.2) is 26.9 Å². The number of nitrogens with zero attached hydrogens (tertiary/aromatic N) is 2. The van der Waals surface area contributed by atoms with E-state index in [0.717, 1.165) is 5.69 Å². The summed E-state index contributed by atoms with van der Waals surface area (Å²) in [6.07, 6.45) is 2.08. The zero-order valence-corrected chi connectivity index (χ0v) is 7.47. The molecule has 1 aromatic rings. The Labute approximate surface area is 76.2 Å². The Morgan fingerprint density at radius 1 is 1.85 bits per heavy atom. The molecule has 0 aliphatic carbocycles. The Morgan fingerprint density at radius 3 is 3.00 bits per heavy atom.